The average molecular weight is 717 g/mol. The third-order valence-corrected chi connectivity index (χ3v) is 9.64. The maximum absolute atomic E-state index is 13.0. The molecular weight excluding hydrogens is 664 g/mol. The molecule has 0 aromatic heterocycles. The first-order valence-electron chi connectivity index (χ1n) is 18.5. The van der Waals surface area contributed by atoms with Gasteiger partial charge in [-0.15, -0.1) is 10.1 Å². The van der Waals surface area contributed by atoms with Gasteiger partial charge in [-0.05, 0) is 85.4 Å². The van der Waals surface area contributed by atoms with Gasteiger partial charge in [0.05, 0.1) is 39.1 Å². The fourth-order valence-corrected chi connectivity index (χ4v) is 6.92. The van der Waals surface area contributed by atoms with Crippen LogP contribution in [0.2, 0.25) is 0 Å². The van der Waals surface area contributed by atoms with Gasteiger partial charge in [-0.25, -0.2) is 4.79 Å². The molecule has 0 bridgehead atoms. The Morgan fingerprint density at radius 2 is 1.75 bits per heavy atom. The highest BCUT2D eigenvalue weighted by molar-refractivity contribution is 5.72. The Hall–Kier alpha value is -4.84. The molecule has 2 amide bonds. The lowest BCUT2D eigenvalue weighted by Crippen LogP contribution is -2.47. The van der Waals surface area contributed by atoms with E-state index in [9.17, 15) is 19.7 Å². The van der Waals surface area contributed by atoms with Crippen LogP contribution in [-0.2, 0) is 38.6 Å². The van der Waals surface area contributed by atoms with Crippen molar-refractivity contribution in [3.63, 3.8) is 0 Å². The number of benzene rings is 3. The molecule has 2 atom stereocenters. The van der Waals surface area contributed by atoms with Crippen molar-refractivity contribution in [2.45, 2.75) is 76.9 Å². The van der Waals surface area contributed by atoms with Gasteiger partial charge in [-0.1, -0.05) is 54.6 Å². The van der Waals surface area contributed by atoms with E-state index < -0.39 is 11.2 Å². The van der Waals surface area contributed by atoms with Crippen molar-refractivity contribution in [1.29, 1.82) is 0 Å². The molecule has 280 valence electrons. The molecule has 0 aliphatic carbocycles. The molecule has 2 unspecified atom stereocenters. The fourth-order valence-electron chi connectivity index (χ4n) is 6.92. The Labute approximate surface area is 306 Å². The van der Waals surface area contributed by atoms with Gasteiger partial charge in [0.15, 0.2) is 0 Å². The molecule has 12 heteroatoms. The van der Waals surface area contributed by atoms with Gasteiger partial charge in [0.1, 0.15) is 5.75 Å². The van der Waals surface area contributed by atoms with Crippen LogP contribution in [0.3, 0.4) is 0 Å². The van der Waals surface area contributed by atoms with E-state index in [-0.39, 0.29) is 37.6 Å². The molecule has 1 saturated heterocycles. The van der Waals surface area contributed by atoms with Crippen LogP contribution in [0.5, 0.6) is 5.75 Å². The lowest BCUT2D eigenvalue weighted by atomic mass is 9.87. The third kappa shape index (κ3) is 12.1. The van der Waals surface area contributed by atoms with Crippen molar-refractivity contribution in [3.8, 4) is 5.75 Å². The van der Waals surface area contributed by atoms with Crippen LogP contribution in [0, 0.1) is 10.1 Å². The maximum Gasteiger partial charge on any atom is 0.409 e. The number of carbonyl (C=O) groups is 2. The van der Waals surface area contributed by atoms with Crippen LogP contribution in [0.1, 0.15) is 73.6 Å². The molecule has 0 saturated carbocycles. The van der Waals surface area contributed by atoms with Crippen molar-refractivity contribution in [1.82, 2.24) is 10.2 Å². The second kappa shape index (κ2) is 20.3. The van der Waals surface area contributed by atoms with Crippen LogP contribution in [0.15, 0.2) is 72.8 Å². The summed E-state index contributed by atoms with van der Waals surface area (Å²) in [5.74, 6) is 0.857. The summed E-state index contributed by atoms with van der Waals surface area (Å²) in [5, 5.41) is 12.5. The predicted molar refractivity (Wildman–Crippen MR) is 198 cm³/mol. The summed E-state index contributed by atoms with van der Waals surface area (Å²) in [5.41, 5.74) is 6.01. The zero-order valence-corrected chi connectivity index (χ0v) is 30.2. The molecule has 1 fully saturated rings. The lowest BCUT2D eigenvalue weighted by Gasteiger charge is -2.38. The Morgan fingerprint density at radius 3 is 2.54 bits per heavy atom. The second-order valence-electron chi connectivity index (χ2n) is 13.5. The lowest BCUT2D eigenvalue weighted by molar-refractivity contribution is -0.757. The van der Waals surface area contributed by atoms with Gasteiger partial charge < -0.3 is 34.2 Å². The average Bonchev–Trinajstić information content (AvgIpc) is 3.15. The molecule has 52 heavy (non-hydrogen) atoms. The molecule has 3 aromatic rings. The van der Waals surface area contributed by atoms with E-state index in [1.165, 1.54) is 23.7 Å². The minimum Gasteiger partial charge on any atom is -0.494 e. The van der Waals surface area contributed by atoms with Crippen molar-refractivity contribution in [2.24, 2.45) is 0 Å². The number of hydrogen-bond donors (Lipinski definition) is 1. The molecule has 0 radical (unpaired) electrons. The van der Waals surface area contributed by atoms with Gasteiger partial charge in [0.25, 0.3) is 5.09 Å². The molecule has 1 N–H and O–H groups in total. The van der Waals surface area contributed by atoms with E-state index in [1.54, 1.807) is 4.90 Å². The van der Waals surface area contributed by atoms with E-state index in [4.69, 9.17) is 14.2 Å². The molecule has 12 nitrogen and oxygen atoms in total. The normalized spacial score (nSPS) is 16.9. The van der Waals surface area contributed by atoms with Crippen LogP contribution in [0.4, 0.5) is 10.5 Å². The molecule has 3 aromatic carbocycles. The number of likely N-dealkylation sites (tertiary alicyclic amines) is 1. The highest BCUT2D eigenvalue weighted by atomic mass is 16.9. The Morgan fingerprint density at radius 1 is 0.923 bits per heavy atom. The number of aryl methyl sites for hydroxylation is 2. The maximum atomic E-state index is 13.0. The number of carbonyl (C=O) groups excluding carboxylic acids is 2. The summed E-state index contributed by atoms with van der Waals surface area (Å²) in [4.78, 5) is 43.1. The Bertz CT molecular complexity index is 1570. The van der Waals surface area contributed by atoms with Crippen molar-refractivity contribution in [3.05, 3.63) is 105 Å². The smallest absolute Gasteiger partial charge is 0.409 e. The molecule has 5 rings (SSSR count). The molecule has 2 aliphatic rings. The summed E-state index contributed by atoms with van der Waals surface area (Å²) in [6.45, 7) is 5.59. The number of anilines is 1. The quantitative estimate of drug-likeness (QED) is 0.0842. The summed E-state index contributed by atoms with van der Waals surface area (Å²) in [6, 6.07) is 25.3. The first-order valence-corrected chi connectivity index (χ1v) is 18.5. The number of amides is 2. The van der Waals surface area contributed by atoms with Gasteiger partial charge in [0, 0.05) is 51.1 Å². The fraction of sp³-hybridized carbons (Fsp3) is 0.500. The highest BCUT2D eigenvalue weighted by Gasteiger charge is 2.34. The van der Waals surface area contributed by atoms with Gasteiger partial charge in [-0.3, -0.25) is 4.79 Å². The number of rotatable bonds is 19. The van der Waals surface area contributed by atoms with Crippen LogP contribution >= 0.6 is 0 Å². The van der Waals surface area contributed by atoms with Crippen LogP contribution in [-0.4, -0.2) is 80.6 Å². The number of nitrogens with one attached hydrogen (secondary N) is 1. The summed E-state index contributed by atoms with van der Waals surface area (Å²) in [6.07, 6.45) is 6.57. The van der Waals surface area contributed by atoms with Crippen LogP contribution in [0.25, 0.3) is 0 Å². The first-order chi connectivity index (χ1) is 25.4. The molecule has 2 heterocycles. The van der Waals surface area contributed by atoms with Crippen molar-refractivity contribution in [2.75, 3.05) is 57.4 Å². The van der Waals surface area contributed by atoms with Gasteiger partial charge in [-0.2, -0.15) is 0 Å². The van der Waals surface area contributed by atoms with Gasteiger partial charge >= 0.3 is 6.09 Å². The number of unbranched alkanes of at least 4 members (excludes halogenated alkanes) is 2. The third-order valence-electron chi connectivity index (χ3n) is 9.64. The monoisotopic (exact) mass is 716 g/mol. The van der Waals surface area contributed by atoms with E-state index in [0.29, 0.717) is 39.3 Å². The van der Waals surface area contributed by atoms with E-state index in [1.807, 2.05) is 18.2 Å². The van der Waals surface area contributed by atoms with E-state index in [0.717, 1.165) is 68.5 Å². The Balaban J connectivity index is 1.18. The second-order valence-corrected chi connectivity index (χ2v) is 13.5. The minimum atomic E-state index is -0.854. The van der Waals surface area contributed by atoms with E-state index in [2.05, 4.69) is 69.7 Å². The van der Waals surface area contributed by atoms with Gasteiger partial charge in [0.2, 0.25) is 5.91 Å². The molecule has 2 aliphatic heterocycles. The number of nitrogens with zero attached hydrogens (tertiary/aromatic N) is 3. The number of ether oxygens (including phenoxy) is 3. The Kier molecular flexibility index (Phi) is 15.0. The van der Waals surface area contributed by atoms with Crippen LogP contribution < -0.4 is 15.0 Å². The number of fused-ring (bicyclic) bond motifs is 1. The standard InChI is InChI=1S/C40H52N4O8/c1-31(45)41-21-24-42-22-8-13-35-15-14-33(28-38(35)42)30-51-39-29-43(40(46)50-26-9-27-52-44(47)48)23-20-37(39)34-16-18-36(19-17-34)49-25-7-3-6-12-32-10-4-2-5-11-32/h2,4-5,10-11,14-19,28,37,39H,3,6-9,12-13,20-27,29-30H2,1H3,(H,41,45). The largest absolute Gasteiger partial charge is 0.494 e. The number of hydrogen-bond acceptors (Lipinski definition) is 9. The first kappa shape index (κ1) is 38.4. The zero-order chi connectivity index (χ0) is 36.5. The summed E-state index contributed by atoms with van der Waals surface area (Å²) < 4.78 is 18.1. The zero-order valence-electron chi connectivity index (χ0n) is 30.2. The highest BCUT2D eigenvalue weighted by Crippen LogP contribution is 2.34. The predicted octanol–water partition coefficient (Wildman–Crippen LogP) is 6.48. The van der Waals surface area contributed by atoms with E-state index >= 15 is 0 Å². The topological polar surface area (TPSA) is 133 Å². The minimum absolute atomic E-state index is 0.0280. The van der Waals surface area contributed by atoms with Crippen molar-refractivity contribution >= 4 is 17.7 Å². The number of piperidine rings is 1. The summed E-state index contributed by atoms with van der Waals surface area (Å²) >= 11 is 0. The summed E-state index contributed by atoms with van der Waals surface area (Å²) in [7, 11) is 0. The molecular formula is C40H52N4O8. The van der Waals surface area contributed by atoms with Crippen molar-refractivity contribution < 1.29 is 33.7 Å². The molecule has 0 spiro atoms. The SMILES string of the molecule is CC(=O)NCCN1CCCc2ccc(COC3CN(C(=O)OCCCO[N+](=O)[O-])CCC3c3ccc(OCCCCCc4ccccc4)cc3)cc21.